The van der Waals surface area contributed by atoms with Gasteiger partial charge >= 0.3 is 6.03 Å². The van der Waals surface area contributed by atoms with Crippen molar-refractivity contribution in [2.75, 3.05) is 19.6 Å². The maximum atomic E-state index is 12.5. The molecule has 2 aliphatic heterocycles. The molecule has 4 aromatic rings. The standard InChI is InChI=1S/C23H23N7O/c31-22(25-7-10-28-9-6-24-16-28)29-14-23(15-29)5-8-30-21(23)12-20(27-30)18-11-17-3-1-2-4-19(17)26-13-18/h1-4,6,9,11-13,16H,5,7-8,10,14-15H2,(H,25,31). The molecule has 156 valence electrons. The second-order valence-electron chi connectivity index (χ2n) is 8.47. The monoisotopic (exact) mass is 413 g/mol. The molecular formula is C23H23N7O. The van der Waals surface area contributed by atoms with Gasteiger partial charge in [0, 0.05) is 73.4 Å². The quantitative estimate of drug-likeness (QED) is 0.558. The summed E-state index contributed by atoms with van der Waals surface area (Å²) in [5.41, 5.74) is 4.23. The van der Waals surface area contributed by atoms with E-state index in [4.69, 9.17) is 5.10 Å². The molecule has 5 heterocycles. The van der Waals surface area contributed by atoms with Crippen molar-refractivity contribution in [3.8, 4) is 11.3 Å². The van der Waals surface area contributed by atoms with Crippen molar-refractivity contribution in [2.24, 2.45) is 0 Å². The van der Waals surface area contributed by atoms with Crippen LogP contribution in [0.2, 0.25) is 0 Å². The molecule has 2 amide bonds. The molecule has 0 radical (unpaired) electrons. The lowest BCUT2D eigenvalue weighted by Crippen LogP contribution is -2.62. The van der Waals surface area contributed by atoms with Crippen LogP contribution in [0.4, 0.5) is 4.79 Å². The zero-order valence-electron chi connectivity index (χ0n) is 17.1. The number of aromatic nitrogens is 5. The van der Waals surface area contributed by atoms with Crippen LogP contribution in [0, 0.1) is 0 Å². The van der Waals surface area contributed by atoms with Crippen LogP contribution in [0.15, 0.2) is 61.3 Å². The molecule has 0 bridgehead atoms. The second-order valence-corrected chi connectivity index (χ2v) is 8.47. The van der Waals surface area contributed by atoms with Gasteiger partial charge in [0.25, 0.3) is 0 Å². The van der Waals surface area contributed by atoms with Crippen LogP contribution in [0.3, 0.4) is 0 Å². The lowest BCUT2D eigenvalue weighted by atomic mass is 9.76. The van der Waals surface area contributed by atoms with Crippen molar-refractivity contribution < 1.29 is 4.79 Å². The highest BCUT2D eigenvalue weighted by atomic mass is 16.2. The van der Waals surface area contributed by atoms with Crippen molar-refractivity contribution in [1.82, 2.24) is 34.5 Å². The molecule has 3 aromatic heterocycles. The zero-order chi connectivity index (χ0) is 20.8. The molecule has 1 fully saturated rings. The Labute approximate surface area is 179 Å². The molecular weight excluding hydrogens is 390 g/mol. The summed E-state index contributed by atoms with van der Waals surface area (Å²) in [7, 11) is 0. The molecule has 8 heteroatoms. The Bertz CT molecular complexity index is 1250. The third kappa shape index (κ3) is 3.06. The number of para-hydroxylation sites is 1. The predicted octanol–water partition coefficient (Wildman–Crippen LogP) is 2.66. The topological polar surface area (TPSA) is 80.9 Å². The highest BCUT2D eigenvalue weighted by Gasteiger charge is 2.51. The SMILES string of the molecule is O=C(NCCn1ccnc1)N1CC2(CCn3nc(-c4cnc5ccccc5c4)cc32)C1. The lowest BCUT2D eigenvalue weighted by molar-refractivity contribution is 0.0921. The fourth-order valence-corrected chi connectivity index (χ4v) is 4.79. The summed E-state index contributed by atoms with van der Waals surface area (Å²) in [4.78, 5) is 23.0. The highest BCUT2D eigenvalue weighted by Crippen LogP contribution is 2.43. The number of fused-ring (bicyclic) bond motifs is 3. The molecule has 1 spiro atoms. The molecule has 0 aliphatic carbocycles. The molecule has 8 nitrogen and oxygen atoms in total. The zero-order valence-corrected chi connectivity index (χ0v) is 17.1. The third-order valence-corrected chi connectivity index (χ3v) is 6.49. The summed E-state index contributed by atoms with van der Waals surface area (Å²) in [6.45, 7) is 3.69. The summed E-state index contributed by atoms with van der Waals surface area (Å²) in [5, 5.41) is 8.97. The van der Waals surface area contributed by atoms with Crippen LogP contribution in [-0.4, -0.2) is 54.9 Å². The number of pyridine rings is 1. The fraction of sp³-hybridized carbons (Fsp3) is 0.304. The van der Waals surface area contributed by atoms with Crippen LogP contribution in [0.25, 0.3) is 22.2 Å². The second kappa shape index (κ2) is 6.94. The third-order valence-electron chi connectivity index (χ3n) is 6.49. The number of imidazole rings is 1. The van der Waals surface area contributed by atoms with E-state index >= 15 is 0 Å². The smallest absolute Gasteiger partial charge is 0.317 e. The van der Waals surface area contributed by atoms with Crippen LogP contribution in [0.1, 0.15) is 12.1 Å². The molecule has 6 rings (SSSR count). The summed E-state index contributed by atoms with van der Waals surface area (Å²) in [6, 6.07) is 12.5. The van der Waals surface area contributed by atoms with Crippen LogP contribution < -0.4 is 5.32 Å². The molecule has 1 saturated heterocycles. The van der Waals surface area contributed by atoms with Crippen molar-refractivity contribution in [2.45, 2.75) is 24.9 Å². The number of likely N-dealkylation sites (tertiary alicyclic amines) is 1. The van der Waals surface area contributed by atoms with E-state index in [0.29, 0.717) is 6.54 Å². The molecule has 1 N–H and O–H groups in total. The first-order valence-corrected chi connectivity index (χ1v) is 10.6. The van der Waals surface area contributed by atoms with E-state index in [9.17, 15) is 4.79 Å². The molecule has 31 heavy (non-hydrogen) atoms. The van der Waals surface area contributed by atoms with Gasteiger partial charge in [-0.15, -0.1) is 0 Å². The van der Waals surface area contributed by atoms with E-state index in [2.05, 4.69) is 38.2 Å². The average Bonchev–Trinajstić information content (AvgIpc) is 3.49. The van der Waals surface area contributed by atoms with Gasteiger partial charge in [0.1, 0.15) is 0 Å². The number of nitrogens with one attached hydrogen (secondary N) is 1. The minimum atomic E-state index is 0.00246. The number of rotatable bonds is 4. The van der Waals surface area contributed by atoms with E-state index in [0.717, 1.165) is 54.8 Å². The first-order chi connectivity index (χ1) is 15.2. The molecule has 1 aromatic carbocycles. The Morgan fingerprint density at radius 2 is 2.10 bits per heavy atom. The van der Waals surface area contributed by atoms with Crippen molar-refractivity contribution in [3.63, 3.8) is 0 Å². The largest absolute Gasteiger partial charge is 0.336 e. The maximum Gasteiger partial charge on any atom is 0.317 e. The van der Waals surface area contributed by atoms with Gasteiger partial charge in [0.2, 0.25) is 0 Å². The number of amides is 2. The maximum absolute atomic E-state index is 12.5. The van der Waals surface area contributed by atoms with Crippen LogP contribution in [-0.2, 0) is 18.5 Å². The summed E-state index contributed by atoms with van der Waals surface area (Å²) >= 11 is 0. The molecule has 0 unspecified atom stereocenters. The normalized spacial score (nSPS) is 16.5. The Hall–Kier alpha value is -3.68. The van der Waals surface area contributed by atoms with E-state index in [-0.39, 0.29) is 11.4 Å². The van der Waals surface area contributed by atoms with Crippen molar-refractivity contribution >= 4 is 16.9 Å². The minimum Gasteiger partial charge on any atom is -0.336 e. The Balaban J connectivity index is 1.14. The summed E-state index contributed by atoms with van der Waals surface area (Å²) in [5.74, 6) is 0. The van der Waals surface area contributed by atoms with Gasteiger partial charge in [0.05, 0.1) is 17.5 Å². The van der Waals surface area contributed by atoms with E-state index in [1.54, 1.807) is 12.5 Å². The molecule has 0 saturated carbocycles. The van der Waals surface area contributed by atoms with E-state index < -0.39 is 0 Å². The predicted molar refractivity (Wildman–Crippen MR) is 116 cm³/mol. The van der Waals surface area contributed by atoms with Gasteiger partial charge in [-0.25, -0.2) is 9.78 Å². The highest BCUT2D eigenvalue weighted by molar-refractivity contribution is 5.83. The minimum absolute atomic E-state index is 0.00246. The van der Waals surface area contributed by atoms with Gasteiger partial charge in [-0.2, -0.15) is 5.10 Å². The molecule has 2 aliphatic rings. The van der Waals surface area contributed by atoms with E-state index in [1.807, 2.05) is 40.1 Å². The number of urea groups is 1. The average molecular weight is 413 g/mol. The van der Waals surface area contributed by atoms with Crippen LogP contribution in [0.5, 0.6) is 0 Å². The van der Waals surface area contributed by atoms with E-state index in [1.165, 1.54) is 5.69 Å². The lowest BCUT2D eigenvalue weighted by Gasteiger charge is -2.47. The number of aryl methyl sites for hydroxylation is 1. The van der Waals surface area contributed by atoms with Gasteiger partial charge < -0.3 is 14.8 Å². The first-order valence-electron chi connectivity index (χ1n) is 10.6. The first kappa shape index (κ1) is 18.1. The number of hydrogen-bond acceptors (Lipinski definition) is 4. The number of nitrogens with zero attached hydrogens (tertiary/aromatic N) is 6. The van der Waals surface area contributed by atoms with Gasteiger partial charge in [-0.1, -0.05) is 18.2 Å². The molecule has 0 atom stereocenters. The van der Waals surface area contributed by atoms with Gasteiger partial charge in [-0.05, 0) is 24.6 Å². The van der Waals surface area contributed by atoms with Crippen LogP contribution >= 0.6 is 0 Å². The Morgan fingerprint density at radius 3 is 2.97 bits per heavy atom. The number of hydrogen-bond donors (Lipinski definition) is 1. The van der Waals surface area contributed by atoms with Gasteiger partial charge in [0.15, 0.2) is 0 Å². The Kier molecular flexibility index (Phi) is 4.05. The number of carbonyl (C=O) groups excluding carboxylic acids is 1. The number of benzene rings is 1. The van der Waals surface area contributed by atoms with Gasteiger partial charge in [-0.3, -0.25) is 9.67 Å². The van der Waals surface area contributed by atoms with Crippen molar-refractivity contribution in [3.05, 3.63) is 67.0 Å². The van der Waals surface area contributed by atoms with Crippen molar-refractivity contribution in [1.29, 1.82) is 0 Å². The fourth-order valence-electron chi connectivity index (χ4n) is 4.79. The summed E-state index contributed by atoms with van der Waals surface area (Å²) < 4.78 is 4.06. The summed E-state index contributed by atoms with van der Waals surface area (Å²) in [6.07, 6.45) is 8.32. The number of carbonyl (C=O) groups is 1. The Morgan fingerprint density at radius 1 is 1.19 bits per heavy atom.